The number of rotatable bonds is 10. The molecule has 0 spiro atoms. The summed E-state index contributed by atoms with van der Waals surface area (Å²) in [5.41, 5.74) is 1.15. The molecular formula is C38H42F5N11O4. The van der Waals surface area contributed by atoms with Gasteiger partial charge < -0.3 is 10.2 Å². The van der Waals surface area contributed by atoms with E-state index in [2.05, 4.69) is 30.7 Å². The summed E-state index contributed by atoms with van der Waals surface area (Å²) in [5.74, 6) is -1.64. The van der Waals surface area contributed by atoms with Crippen molar-refractivity contribution >= 4 is 45.8 Å². The Balaban J connectivity index is 0.918. The predicted octanol–water partition coefficient (Wildman–Crippen LogP) is 5.01. The molecule has 1 unspecified atom stereocenters. The first-order valence-electron chi connectivity index (χ1n) is 19.3. The summed E-state index contributed by atoms with van der Waals surface area (Å²) in [6.45, 7) is 0.0628. The van der Waals surface area contributed by atoms with Gasteiger partial charge in [-0.2, -0.15) is 23.4 Å². The Labute approximate surface area is 327 Å². The molecule has 3 amide bonds. The van der Waals surface area contributed by atoms with Crippen LogP contribution in [0.3, 0.4) is 0 Å². The van der Waals surface area contributed by atoms with Crippen LogP contribution in [-0.2, 0) is 16.6 Å². The third-order valence-corrected chi connectivity index (χ3v) is 11.7. The van der Waals surface area contributed by atoms with Crippen LogP contribution >= 0.6 is 0 Å². The predicted molar refractivity (Wildman–Crippen MR) is 201 cm³/mol. The number of imidazole rings is 1. The number of hydrogen-bond acceptors (Lipinski definition) is 9. The lowest BCUT2D eigenvalue weighted by atomic mass is 9.85. The average molecular weight is 812 g/mol. The highest BCUT2D eigenvalue weighted by Gasteiger charge is 2.38. The lowest BCUT2D eigenvalue weighted by Crippen LogP contribution is -2.50. The van der Waals surface area contributed by atoms with Crippen LogP contribution < -0.4 is 21.2 Å². The number of aryl methyl sites for hydroxylation is 1. The zero-order valence-corrected chi connectivity index (χ0v) is 31.5. The first-order chi connectivity index (χ1) is 27.8. The Morgan fingerprint density at radius 1 is 1.03 bits per heavy atom. The molecule has 8 rings (SSSR count). The number of carbonyl (C=O) groups is 3. The maximum absolute atomic E-state index is 14.1. The number of amides is 3. The lowest BCUT2D eigenvalue weighted by molar-refractivity contribution is -0.153. The Bertz CT molecular complexity index is 2400. The minimum absolute atomic E-state index is 0.0561. The molecule has 6 heterocycles. The fraction of sp³-hybridized carbons (Fsp3) is 0.500. The zero-order valence-electron chi connectivity index (χ0n) is 31.5. The molecule has 1 saturated carbocycles. The average Bonchev–Trinajstić information content (AvgIpc) is 3.89. The van der Waals surface area contributed by atoms with Crippen LogP contribution in [0.5, 0.6) is 0 Å². The number of carbonyl (C=O) groups excluding carboxylic acids is 3. The molecule has 0 radical (unpaired) electrons. The van der Waals surface area contributed by atoms with Crippen molar-refractivity contribution in [3.8, 4) is 0 Å². The van der Waals surface area contributed by atoms with Gasteiger partial charge in [0.05, 0.1) is 41.2 Å². The number of imide groups is 1. The minimum atomic E-state index is -4.42. The topological polar surface area (TPSA) is 157 Å². The summed E-state index contributed by atoms with van der Waals surface area (Å²) in [4.78, 5) is 58.7. The Hall–Kier alpha value is -5.66. The number of aromatic nitrogens is 7. The monoisotopic (exact) mass is 811 g/mol. The van der Waals surface area contributed by atoms with Crippen LogP contribution in [-0.4, -0.2) is 94.5 Å². The van der Waals surface area contributed by atoms with Crippen molar-refractivity contribution in [1.82, 2.24) is 43.7 Å². The van der Waals surface area contributed by atoms with Gasteiger partial charge in [-0.05, 0) is 69.1 Å². The van der Waals surface area contributed by atoms with Gasteiger partial charge in [0.1, 0.15) is 11.6 Å². The zero-order chi connectivity index (χ0) is 40.9. The van der Waals surface area contributed by atoms with E-state index < -0.39 is 48.4 Å². The second-order valence-electron chi connectivity index (χ2n) is 15.4. The highest BCUT2D eigenvalue weighted by molar-refractivity contribution is 6.08. The molecule has 3 aliphatic rings. The first-order valence-corrected chi connectivity index (χ1v) is 19.3. The molecule has 1 aromatic carbocycles. The third-order valence-electron chi connectivity index (χ3n) is 11.7. The van der Waals surface area contributed by atoms with Crippen LogP contribution in [0.15, 0.2) is 53.8 Å². The van der Waals surface area contributed by atoms with Gasteiger partial charge >= 0.3 is 11.9 Å². The molecule has 3 fully saturated rings. The van der Waals surface area contributed by atoms with Crippen molar-refractivity contribution < 1.29 is 36.3 Å². The molecule has 2 saturated heterocycles. The maximum atomic E-state index is 14.1. The Morgan fingerprint density at radius 2 is 1.79 bits per heavy atom. The standard InChI is InChI=1S/C38H42F5N11O4/c1-49-32-27(4-2-5-28(32)54(37(49)58)29-10-11-30(55)47-36(29)57)50-16-12-23(13-17-50)51(21-38(41,42)43)19-22-6-8-24(9-7-22)53-20-26(31(48-53)33(39)40)46-35(56)25-18-45-52-15-3-14-44-34(25)52/h2-5,14-15,18,20,22-24,29,33H,6-13,16-17,19,21H2,1H3,(H,46,56)(H,47,55,57)/t22-,24-,29?. The van der Waals surface area contributed by atoms with Gasteiger partial charge in [-0.1, -0.05) is 6.07 Å². The van der Waals surface area contributed by atoms with Crippen LogP contribution in [0.2, 0.25) is 0 Å². The molecule has 308 valence electrons. The van der Waals surface area contributed by atoms with Crippen molar-refractivity contribution in [2.45, 2.75) is 82.1 Å². The summed E-state index contributed by atoms with van der Waals surface area (Å²) in [7, 11) is 1.62. The van der Waals surface area contributed by atoms with Crippen molar-refractivity contribution in [1.29, 1.82) is 0 Å². The van der Waals surface area contributed by atoms with Crippen molar-refractivity contribution in [2.24, 2.45) is 13.0 Å². The number of nitrogens with zero attached hydrogens (tertiary/aromatic N) is 9. The summed E-state index contributed by atoms with van der Waals surface area (Å²) in [6.07, 6.45) is 1.77. The van der Waals surface area contributed by atoms with Gasteiger partial charge in [-0.3, -0.25) is 38.4 Å². The summed E-state index contributed by atoms with van der Waals surface area (Å²) >= 11 is 0. The van der Waals surface area contributed by atoms with E-state index in [-0.39, 0.29) is 60.2 Å². The number of benzene rings is 1. The highest BCUT2D eigenvalue weighted by atomic mass is 19.4. The molecule has 2 aliphatic heterocycles. The fourth-order valence-electron chi connectivity index (χ4n) is 8.90. The normalized spacial score (nSPS) is 21.1. The van der Waals surface area contributed by atoms with Crippen molar-refractivity contribution in [3.05, 3.63) is 70.8 Å². The SMILES string of the molecule is Cn1c(=O)n(C2CCC(=O)NC2=O)c2cccc(N3CCC(N(CC(F)(F)F)C[C@H]4CC[C@H](n5cc(NC(=O)c6cnn7cccnc67)c(C(F)F)n5)CC4)CC3)c21. The largest absolute Gasteiger partial charge is 0.401 e. The van der Waals surface area contributed by atoms with E-state index in [0.717, 1.165) is 5.69 Å². The van der Waals surface area contributed by atoms with Crippen molar-refractivity contribution in [3.63, 3.8) is 0 Å². The van der Waals surface area contributed by atoms with Crippen molar-refractivity contribution in [2.75, 3.05) is 36.4 Å². The fourth-order valence-corrected chi connectivity index (χ4v) is 8.90. The van der Waals surface area contributed by atoms with Crippen LogP contribution in [0.4, 0.5) is 33.3 Å². The van der Waals surface area contributed by atoms with Gasteiger partial charge in [0.25, 0.3) is 12.3 Å². The van der Waals surface area contributed by atoms with E-state index in [4.69, 9.17) is 0 Å². The summed E-state index contributed by atoms with van der Waals surface area (Å²) in [5, 5.41) is 13.0. The number of nitrogens with one attached hydrogen (secondary N) is 2. The second kappa shape index (κ2) is 15.6. The van der Waals surface area contributed by atoms with Gasteiger partial charge in [-0.25, -0.2) is 23.1 Å². The van der Waals surface area contributed by atoms with E-state index in [1.165, 1.54) is 41.8 Å². The van der Waals surface area contributed by atoms with E-state index >= 15 is 0 Å². The number of para-hydroxylation sites is 1. The molecule has 2 N–H and O–H groups in total. The number of halogens is 5. The van der Waals surface area contributed by atoms with Crippen LogP contribution in [0.25, 0.3) is 16.7 Å². The van der Waals surface area contributed by atoms with Gasteiger partial charge in [0.15, 0.2) is 11.3 Å². The van der Waals surface area contributed by atoms with E-state index in [9.17, 15) is 41.1 Å². The molecule has 15 nitrogen and oxygen atoms in total. The van der Waals surface area contributed by atoms with Crippen LogP contribution in [0, 0.1) is 5.92 Å². The molecule has 4 aromatic heterocycles. The third kappa shape index (κ3) is 7.68. The Kier molecular flexibility index (Phi) is 10.5. The number of anilines is 2. The first kappa shape index (κ1) is 39.2. The minimum Gasteiger partial charge on any atom is -0.370 e. The van der Waals surface area contributed by atoms with E-state index in [1.807, 2.05) is 6.07 Å². The van der Waals surface area contributed by atoms with Gasteiger partial charge in [0, 0.05) is 57.7 Å². The van der Waals surface area contributed by atoms with Crippen LogP contribution in [0.1, 0.15) is 85.9 Å². The summed E-state index contributed by atoms with van der Waals surface area (Å²) in [6, 6.07) is 5.57. The van der Waals surface area contributed by atoms with Gasteiger partial charge in [0.2, 0.25) is 11.8 Å². The number of piperidine rings is 2. The Morgan fingerprint density at radius 3 is 2.50 bits per heavy atom. The van der Waals surface area contributed by atoms with E-state index in [0.29, 0.717) is 62.6 Å². The van der Waals surface area contributed by atoms with Gasteiger partial charge in [-0.15, -0.1) is 0 Å². The molecule has 20 heteroatoms. The smallest absolute Gasteiger partial charge is 0.370 e. The number of alkyl halides is 5. The molecule has 5 aromatic rings. The lowest BCUT2D eigenvalue weighted by Gasteiger charge is -2.42. The van der Waals surface area contributed by atoms with E-state index in [1.54, 1.807) is 31.4 Å². The molecule has 1 aliphatic carbocycles. The molecular weight excluding hydrogens is 769 g/mol. The maximum Gasteiger partial charge on any atom is 0.401 e. The molecule has 58 heavy (non-hydrogen) atoms. The summed E-state index contributed by atoms with van der Waals surface area (Å²) < 4.78 is 76.0. The second-order valence-corrected chi connectivity index (χ2v) is 15.4. The molecule has 0 bridgehead atoms. The number of fused-ring (bicyclic) bond motifs is 2. The number of hydrogen-bond donors (Lipinski definition) is 2. The quantitative estimate of drug-likeness (QED) is 0.146. The highest BCUT2D eigenvalue weighted by Crippen LogP contribution is 2.37. The molecule has 1 atom stereocenters.